The molecule has 0 aromatic rings. The van der Waals surface area contributed by atoms with Crippen LogP contribution in [0.5, 0.6) is 0 Å². The summed E-state index contributed by atoms with van der Waals surface area (Å²) in [5.74, 6) is 1.47. The third-order valence-corrected chi connectivity index (χ3v) is 7.62. The predicted octanol–water partition coefficient (Wildman–Crippen LogP) is 2.18. The number of carboxylic acid groups (broad SMARTS) is 1. The maximum absolute atomic E-state index is 11.8. The van der Waals surface area contributed by atoms with Crippen LogP contribution in [-0.2, 0) is 14.3 Å². The summed E-state index contributed by atoms with van der Waals surface area (Å²) in [4.78, 5) is 11.8. The van der Waals surface area contributed by atoms with Crippen LogP contribution >= 0.6 is 23.5 Å². The van der Waals surface area contributed by atoms with E-state index in [9.17, 15) is 9.90 Å². The molecule has 4 nitrogen and oxygen atoms in total. The average Bonchev–Trinajstić information content (AvgIpc) is 2.86. The minimum absolute atomic E-state index is 0.114. The van der Waals surface area contributed by atoms with E-state index in [0.29, 0.717) is 6.79 Å². The molecule has 3 atom stereocenters. The number of carboxylic acids is 1. The fourth-order valence-corrected chi connectivity index (χ4v) is 6.46. The Bertz CT molecular complexity index is 330. The molecule has 0 amide bonds. The van der Waals surface area contributed by atoms with Gasteiger partial charge in [0.25, 0.3) is 0 Å². The van der Waals surface area contributed by atoms with Crippen molar-refractivity contribution in [3.63, 3.8) is 0 Å². The molecular weight excluding hydrogens is 272 g/mol. The molecule has 1 saturated carbocycles. The van der Waals surface area contributed by atoms with E-state index in [-0.39, 0.29) is 18.1 Å². The molecule has 0 aromatic heterocycles. The maximum atomic E-state index is 11.8. The molecule has 2 aliphatic heterocycles. The molecule has 0 spiro atoms. The summed E-state index contributed by atoms with van der Waals surface area (Å²) < 4.78 is 10.4. The topological polar surface area (TPSA) is 55.8 Å². The van der Waals surface area contributed by atoms with Gasteiger partial charge in [-0.1, -0.05) is 0 Å². The second kappa shape index (κ2) is 5.23. The van der Waals surface area contributed by atoms with Gasteiger partial charge in [0.05, 0.1) is 12.2 Å². The Morgan fingerprint density at radius 1 is 1.17 bits per heavy atom. The van der Waals surface area contributed by atoms with Gasteiger partial charge in [0, 0.05) is 0 Å². The molecule has 1 N–H and O–H groups in total. The Balaban J connectivity index is 1.76. The number of ether oxygens (including phenoxy) is 2. The minimum Gasteiger partial charge on any atom is -0.480 e. The lowest BCUT2D eigenvalue weighted by molar-refractivity contribution is -0.139. The Hall–Kier alpha value is 0.0900. The molecule has 0 bridgehead atoms. The fraction of sp³-hybridized carbons (Fsp3) is 0.917. The standard InChI is InChI=1S/C12H18O4S2/c13-11(14)12(17-4-1-5-18-12)8-2-3-9-10(6-8)16-7-15-9/h8-10H,1-7H2,(H,13,14)/t8-,9-,10+/m0/s1. The minimum atomic E-state index is -0.653. The van der Waals surface area contributed by atoms with Gasteiger partial charge in [0.1, 0.15) is 6.79 Å². The first-order valence-corrected chi connectivity index (χ1v) is 8.44. The summed E-state index contributed by atoms with van der Waals surface area (Å²) in [5, 5.41) is 9.67. The lowest BCUT2D eigenvalue weighted by Crippen LogP contribution is -2.47. The van der Waals surface area contributed by atoms with Crippen molar-refractivity contribution in [2.75, 3.05) is 18.3 Å². The average molecular weight is 290 g/mol. The van der Waals surface area contributed by atoms with Gasteiger partial charge in [0.2, 0.25) is 0 Å². The van der Waals surface area contributed by atoms with Crippen LogP contribution in [0, 0.1) is 5.92 Å². The van der Waals surface area contributed by atoms with E-state index < -0.39 is 10.0 Å². The second-order valence-corrected chi connectivity index (χ2v) is 8.00. The lowest BCUT2D eigenvalue weighted by Gasteiger charge is -2.42. The van der Waals surface area contributed by atoms with Crippen molar-refractivity contribution in [3.8, 4) is 0 Å². The summed E-state index contributed by atoms with van der Waals surface area (Å²) >= 11 is 3.25. The van der Waals surface area contributed by atoms with Crippen molar-refractivity contribution < 1.29 is 19.4 Å². The van der Waals surface area contributed by atoms with Gasteiger partial charge >= 0.3 is 5.97 Å². The first-order chi connectivity index (χ1) is 8.72. The highest BCUT2D eigenvalue weighted by Crippen LogP contribution is 2.53. The molecule has 3 rings (SSSR count). The van der Waals surface area contributed by atoms with Crippen molar-refractivity contribution in [1.29, 1.82) is 0 Å². The zero-order valence-corrected chi connectivity index (χ0v) is 11.8. The molecular formula is C12H18O4S2. The fourth-order valence-electron chi connectivity index (χ4n) is 3.11. The second-order valence-electron chi connectivity index (χ2n) is 5.06. The van der Waals surface area contributed by atoms with Crippen molar-refractivity contribution in [2.45, 2.75) is 42.0 Å². The first kappa shape index (κ1) is 13.1. The Labute approximate surface area is 115 Å². The third-order valence-electron chi connectivity index (χ3n) is 4.05. The van der Waals surface area contributed by atoms with Gasteiger partial charge in [-0.15, -0.1) is 23.5 Å². The summed E-state index contributed by atoms with van der Waals surface area (Å²) in [6.45, 7) is 0.377. The van der Waals surface area contributed by atoms with E-state index in [1.54, 1.807) is 23.5 Å². The molecule has 2 heterocycles. The van der Waals surface area contributed by atoms with Crippen molar-refractivity contribution >= 4 is 29.5 Å². The first-order valence-electron chi connectivity index (χ1n) is 6.47. The van der Waals surface area contributed by atoms with E-state index in [2.05, 4.69) is 0 Å². The van der Waals surface area contributed by atoms with Gasteiger partial charge in [-0.3, -0.25) is 0 Å². The van der Waals surface area contributed by atoms with E-state index in [0.717, 1.165) is 37.2 Å². The van der Waals surface area contributed by atoms with Crippen LogP contribution in [0.1, 0.15) is 25.7 Å². The molecule has 2 saturated heterocycles. The van der Waals surface area contributed by atoms with Crippen LogP contribution in [0.3, 0.4) is 0 Å². The largest absolute Gasteiger partial charge is 0.480 e. The quantitative estimate of drug-likeness (QED) is 0.841. The van der Waals surface area contributed by atoms with Crippen LogP contribution < -0.4 is 0 Å². The van der Waals surface area contributed by atoms with Gasteiger partial charge in [-0.25, -0.2) is 4.79 Å². The summed E-state index contributed by atoms with van der Waals surface area (Å²) in [5.41, 5.74) is 0. The van der Waals surface area contributed by atoms with E-state index in [1.165, 1.54) is 0 Å². The number of rotatable bonds is 2. The summed E-state index contributed by atoms with van der Waals surface area (Å²) in [6.07, 6.45) is 4.14. The van der Waals surface area contributed by atoms with Crippen molar-refractivity contribution in [2.24, 2.45) is 5.92 Å². The number of hydrogen-bond acceptors (Lipinski definition) is 5. The van der Waals surface area contributed by atoms with Crippen LogP contribution in [0.4, 0.5) is 0 Å². The molecule has 18 heavy (non-hydrogen) atoms. The molecule has 3 aliphatic rings. The molecule has 1 aliphatic carbocycles. The smallest absolute Gasteiger partial charge is 0.330 e. The SMILES string of the molecule is O=C(O)C1([C@H]2CC[C@@H]3OCO[C@@H]3C2)SCCCS1. The molecule has 0 unspecified atom stereocenters. The zero-order chi connectivity index (χ0) is 12.6. The lowest BCUT2D eigenvalue weighted by atomic mass is 9.83. The van der Waals surface area contributed by atoms with Crippen molar-refractivity contribution in [3.05, 3.63) is 0 Å². The summed E-state index contributed by atoms with van der Waals surface area (Å²) in [6, 6.07) is 0. The van der Waals surface area contributed by atoms with Gasteiger partial charge in [-0.05, 0) is 43.1 Å². The molecule has 0 radical (unpaired) electrons. The Morgan fingerprint density at radius 2 is 1.89 bits per heavy atom. The highest BCUT2D eigenvalue weighted by atomic mass is 32.2. The van der Waals surface area contributed by atoms with Crippen LogP contribution in [-0.4, -0.2) is 45.7 Å². The van der Waals surface area contributed by atoms with E-state index in [4.69, 9.17) is 9.47 Å². The molecule has 102 valence electrons. The Morgan fingerprint density at radius 3 is 2.61 bits per heavy atom. The number of hydrogen-bond donors (Lipinski definition) is 1. The number of carbonyl (C=O) groups is 1. The third kappa shape index (κ3) is 2.17. The molecule has 0 aromatic carbocycles. The normalized spacial score (nSPS) is 39.2. The number of aliphatic carboxylic acids is 1. The molecule has 3 fully saturated rings. The highest BCUT2D eigenvalue weighted by molar-refractivity contribution is 8.19. The maximum Gasteiger partial charge on any atom is 0.330 e. The monoisotopic (exact) mass is 290 g/mol. The van der Waals surface area contributed by atoms with Gasteiger partial charge in [-0.2, -0.15) is 0 Å². The number of fused-ring (bicyclic) bond motifs is 1. The molecule has 6 heteroatoms. The predicted molar refractivity (Wildman–Crippen MR) is 71.9 cm³/mol. The van der Waals surface area contributed by atoms with E-state index >= 15 is 0 Å². The van der Waals surface area contributed by atoms with Crippen LogP contribution in [0.15, 0.2) is 0 Å². The van der Waals surface area contributed by atoms with E-state index in [1.807, 2.05) is 0 Å². The Kier molecular flexibility index (Phi) is 3.80. The summed E-state index contributed by atoms with van der Waals surface area (Å²) in [7, 11) is 0. The highest BCUT2D eigenvalue weighted by Gasteiger charge is 2.52. The van der Waals surface area contributed by atoms with Gasteiger partial charge in [0.15, 0.2) is 4.08 Å². The number of thioether (sulfide) groups is 2. The van der Waals surface area contributed by atoms with Crippen molar-refractivity contribution in [1.82, 2.24) is 0 Å². The zero-order valence-electron chi connectivity index (χ0n) is 10.2. The van der Waals surface area contributed by atoms with Crippen LogP contribution in [0.25, 0.3) is 0 Å². The van der Waals surface area contributed by atoms with Crippen LogP contribution in [0.2, 0.25) is 0 Å². The van der Waals surface area contributed by atoms with Gasteiger partial charge < -0.3 is 14.6 Å².